The van der Waals surface area contributed by atoms with Crippen molar-refractivity contribution in [2.45, 2.75) is 13.3 Å². The SMILES string of the molecule is CCCNc1cc(-c2cc(F)cc(F)c2)[nH]n1. The number of hydrogen-bond donors (Lipinski definition) is 2. The summed E-state index contributed by atoms with van der Waals surface area (Å²) in [5.74, 6) is -0.526. The van der Waals surface area contributed by atoms with Crippen molar-refractivity contribution in [3.63, 3.8) is 0 Å². The molecule has 0 aliphatic rings. The molecule has 0 saturated carbocycles. The summed E-state index contributed by atoms with van der Waals surface area (Å²) in [6.07, 6.45) is 0.983. The second-order valence-corrected chi connectivity index (χ2v) is 3.75. The number of nitrogens with one attached hydrogen (secondary N) is 2. The van der Waals surface area contributed by atoms with Gasteiger partial charge in [-0.1, -0.05) is 6.92 Å². The van der Waals surface area contributed by atoms with Gasteiger partial charge in [0.2, 0.25) is 0 Å². The first-order valence-electron chi connectivity index (χ1n) is 5.45. The number of anilines is 1. The van der Waals surface area contributed by atoms with E-state index in [2.05, 4.69) is 15.5 Å². The minimum Gasteiger partial charge on any atom is -0.369 e. The van der Waals surface area contributed by atoms with Gasteiger partial charge in [-0.05, 0) is 18.6 Å². The van der Waals surface area contributed by atoms with Crippen LogP contribution in [0.1, 0.15) is 13.3 Å². The van der Waals surface area contributed by atoms with Crippen molar-refractivity contribution < 1.29 is 8.78 Å². The number of H-pyrrole nitrogens is 1. The molecule has 0 atom stereocenters. The van der Waals surface area contributed by atoms with Crippen molar-refractivity contribution >= 4 is 5.82 Å². The van der Waals surface area contributed by atoms with E-state index in [-0.39, 0.29) is 0 Å². The predicted octanol–water partition coefficient (Wildman–Crippen LogP) is 3.18. The second kappa shape index (κ2) is 4.95. The molecule has 17 heavy (non-hydrogen) atoms. The van der Waals surface area contributed by atoms with Crippen molar-refractivity contribution in [3.05, 3.63) is 35.9 Å². The van der Waals surface area contributed by atoms with Crippen LogP contribution in [0.3, 0.4) is 0 Å². The van der Waals surface area contributed by atoms with Gasteiger partial charge in [-0.15, -0.1) is 0 Å². The molecule has 0 radical (unpaired) electrons. The molecule has 90 valence electrons. The summed E-state index contributed by atoms with van der Waals surface area (Å²) < 4.78 is 26.1. The zero-order valence-corrected chi connectivity index (χ0v) is 9.43. The fourth-order valence-corrected chi connectivity index (χ4v) is 1.52. The summed E-state index contributed by atoms with van der Waals surface area (Å²) in [7, 11) is 0. The van der Waals surface area contributed by atoms with Gasteiger partial charge in [0, 0.05) is 24.2 Å². The summed E-state index contributed by atoms with van der Waals surface area (Å²) in [5.41, 5.74) is 1.03. The number of rotatable bonds is 4. The number of benzene rings is 1. The van der Waals surface area contributed by atoms with E-state index in [1.807, 2.05) is 6.92 Å². The fourth-order valence-electron chi connectivity index (χ4n) is 1.52. The molecule has 0 amide bonds. The average Bonchev–Trinajstić information content (AvgIpc) is 2.73. The van der Waals surface area contributed by atoms with E-state index in [0.717, 1.165) is 19.0 Å². The maximum absolute atomic E-state index is 13.0. The number of halogens is 2. The maximum Gasteiger partial charge on any atom is 0.148 e. The number of aromatic amines is 1. The summed E-state index contributed by atoms with van der Waals surface area (Å²) in [6.45, 7) is 2.85. The van der Waals surface area contributed by atoms with Gasteiger partial charge in [0.05, 0.1) is 5.69 Å². The lowest BCUT2D eigenvalue weighted by atomic mass is 10.1. The van der Waals surface area contributed by atoms with Crippen LogP contribution < -0.4 is 5.32 Å². The van der Waals surface area contributed by atoms with Gasteiger partial charge in [-0.25, -0.2) is 8.78 Å². The quantitative estimate of drug-likeness (QED) is 0.857. The highest BCUT2D eigenvalue weighted by Gasteiger charge is 2.06. The Kier molecular flexibility index (Phi) is 3.37. The van der Waals surface area contributed by atoms with Crippen LogP contribution in [-0.4, -0.2) is 16.7 Å². The summed E-state index contributed by atoms with van der Waals surface area (Å²) >= 11 is 0. The zero-order chi connectivity index (χ0) is 12.3. The molecule has 2 N–H and O–H groups in total. The second-order valence-electron chi connectivity index (χ2n) is 3.75. The van der Waals surface area contributed by atoms with Crippen molar-refractivity contribution in [3.8, 4) is 11.3 Å². The van der Waals surface area contributed by atoms with Gasteiger partial charge in [-0.3, -0.25) is 5.10 Å². The Bertz CT molecular complexity index is 488. The first-order valence-corrected chi connectivity index (χ1v) is 5.45. The molecule has 0 bridgehead atoms. The van der Waals surface area contributed by atoms with Crippen LogP contribution in [0.2, 0.25) is 0 Å². The largest absolute Gasteiger partial charge is 0.369 e. The van der Waals surface area contributed by atoms with Gasteiger partial charge in [0.25, 0.3) is 0 Å². The van der Waals surface area contributed by atoms with Crippen LogP contribution in [0.25, 0.3) is 11.3 Å². The van der Waals surface area contributed by atoms with Gasteiger partial charge in [0.1, 0.15) is 17.5 Å². The molecule has 0 fully saturated rings. The molecule has 5 heteroatoms. The standard InChI is InChI=1S/C12H13F2N3/c1-2-3-15-12-7-11(16-17-12)8-4-9(13)6-10(14)5-8/h4-7H,2-3H2,1H3,(H2,15,16,17). The van der Waals surface area contributed by atoms with Crippen LogP contribution in [0.5, 0.6) is 0 Å². The molecule has 3 nitrogen and oxygen atoms in total. The summed E-state index contributed by atoms with van der Waals surface area (Å²) in [6, 6.07) is 5.10. The van der Waals surface area contributed by atoms with Gasteiger partial charge < -0.3 is 5.32 Å². The van der Waals surface area contributed by atoms with E-state index in [1.165, 1.54) is 12.1 Å². The van der Waals surface area contributed by atoms with Crippen LogP contribution in [0.15, 0.2) is 24.3 Å². The van der Waals surface area contributed by atoms with Crippen molar-refractivity contribution in [2.75, 3.05) is 11.9 Å². The Balaban J connectivity index is 2.24. The van der Waals surface area contributed by atoms with Gasteiger partial charge in [-0.2, -0.15) is 5.10 Å². The zero-order valence-electron chi connectivity index (χ0n) is 9.43. The molecular weight excluding hydrogens is 224 g/mol. The Labute approximate surface area is 97.9 Å². The molecule has 0 spiro atoms. The first-order chi connectivity index (χ1) is 8.19. The number of aromatic nitrogens is 2. The highest BCUT2D eigenvalue weighted by atomic mass is 19.1. The smallest absolute Gasteiger partial charge is 0.148 e. The normalized spacial score (nSPS) is 10.5. The lowest BCUT2D eigenvalue weighted by Gasteiger charge is -1.98. The van der Waals surface area contributed by atoms with E-state index >= 15 is 0 Å². The topological polar surface area (TPSA) is 40.7 Å². The third kappa shape index (κ3) is 2.81. The minimum atomic E-state index is -0.599. The Hall–Kier alpha value is -1.91. The van der Waals surface area contributed by atoms with E-state index in [0.29, 0.717) is 17.1 Å². The van der Waals surface area contributed by atoms with Crippen LogP contribution in [-0.2, 0) is 0 Å². The van der Waals surface area contributed by atoms with Gasteiger partial charge >= 0.3 is 0 Å². The molecular formula is C12H13F2N3. The first kappa shape index (κ1) is 11.6. The molecule has 0 saturated heterocycles. The van der Waals surface area contributed by atoms with E-state index in [1.54, 1.807) is 6.07 Å². The highest BCUT2D eigenvalue weighted by molar-refractivity contribution is 5.62. The molecule has 1 aromatic carbocycles. The van der Waals surface area contributed by atoms with Crippen LogP contribution in [0.4, 0.5) is 14.6 Å². The Morgan fingerprint density at radius 2 is 1.88 bits per heavy atom. The highest BCUT2D eigenvalue weighted by Crippen LogP contribution is 2.21. The third-order valence-corrected chi connectivity index (χ3v) is 2.31. The molecule has 0 aliphatic heterocycles. The van der Waals surface area contributed by atoms with Gasteiger partial charge in [0.15, 0.2) is 0 Å². The Morgan fingerprint density at radius 1 is 1.18 bits per heavy atom. The lowest BCUT2D eigenvalue weighted by Crippen LogP contribution is -1.99. The molecule has 2 rings (SSSR count). The van der Waals surface area contributed by atoms with Crippen molar-refractivity contribution in [2.24, 2.45) is 0 Å². The molecule has 2 aromatic rings. The molecule has 0 unspecified atom stereocenters. The molecule has 0 aliphatic carbocycles. The van der Waals surface area contributed by atoms with Crippen molar-refractivity contribution in [1.82, 2.24) is 10.2 Å². The van der Waals surface area contributed by atoms with Crippen LogP contribution in [0, 0.1) is 11.6 Å². The lowest BCUT2D eigenvalue weighted by molar-refractivity contribution is 0.584. The number of nitrogens with zero attached hydrogens (tertiary/aromatic N) is 1. The Morgan fingerprint density at radius 3 is 2.53 bits per heavy atom. The maximum atomic E-state index is 13.0. The van der Waals surface area contributed by atoms with E-state index < -0.39 is 11.6 Å². The monoisotopic (exact) mass is 237 g/mol. The fraction of sp³-hybridized carbons (Fsp3) is 0.250. The summed E-state index contributed by atoms with van der Waals surface area (Å²) in [4.78, 5) is 0. The van der Waals surface area contributed by atoms with E-state index in [4.69, 9.17) is 0 Å². The average molecular weight is 237 g/mol. The molecule has 1 heterocycles. The van der Waals surface area contributed by atoms with Crippen LogP contribution >= 0.6 is 0 Å². The molecule has 1 aromatic heterocycles. The third-order valence-electron chi connectivity index (χ3n) is 2.31. The number of hydrogen-bond acceptors (Lipinski definition) is 2. The van der Waals surface area contributed by atoms with Crippen molar-refractivity contribution in [1.29, 1.82) is 0 Å². The van der Waals surface area contributed by atoms with E-state index in [9.17, 15) is 8.78 Å². The summed E-state index contributed by atoms with van der Waals surface area (Å²) in [5, 5.41) is 9.83. The predicted molar refractivity (Wildman–Crippen MR) is 62.7 cm³/mol. The minimum absolute atomic E-state index is 0.444.